The van der Waals surface area contributed by atoms with Crippen LogP contribution in [0.15, 0.2) is 24.3 Å². The van der Waals surface area contributed by atoms with Crippen molar-refractivity contribution >= 4 is 29.3 Å². The summed E-state index contributed by atoms with van der Waals surface area (Å²) in [5.74, 6) is 0.195. The number of benzene rings is 1. The fourth-order valence-electron chi connectivity index (χ4n) is 1.65. The Morgan fingerprint density at radius 2 is 1.90 bits per heavy atom. The summed E-state index contributed by atoms with van der Waals surface area (Å²) in [4.78, 5) is 22.3. The largest absolute Gasteiger partial charge is 0.480 e. The molecule has 1 aromatic carbocycles. The molecule has 1 rings (SSSR count). The molecule has 0 aliphatic rings. The normalized spacial score (nSPS) is 12.2. The van der Waals surface area contributed by atoms with Crippen LogP contribution < -0.4 is 11.1 Å². The smallest absolute Gasteiger partial charge is 0.320 e. The van der Waals surface area contributed by atoms with Gasteiger partial charge in [-0.25, -0.2) is 0 Å². The molecule has 6 heteroatoms. The van der Waals surface area contributed by atoms with Crippen LogP contribution in [0, 0.1) is 0 Å². The van der Waals surface area contributed by atoms with Crippen LogP contribution >= 0.6 is 11.8 Å². The molecular weight excluding hydrogens is 288 g/mol. The first-order valence-corrected chi connectivity index (χ1v) is 8.01. The van der Waals surface area contributed by atoms with E-state index in [9.17, 15) is 9.59 Å². The minimum Gasteiger partial charge on any atom is -0.480 e. The second-order valence-electron chi connectivity index (χ2n) is 5.11. The van der Waals surface area contributed by atoms with Crippen LogP contribution in [-0.4, -0.2) is 34.5 Å². The molecule has 0 heterocycles. The van der Waals surface area contributed by atoms with Gasteiger partial charge in [0.25, 0.3) is 0 Å². The van der Waals surface area contributed by atoms with E-state index < -0.39 is 12.0 Å². The van der Waals surface area contributed by atoms with E-state index in [0.717, 1.165) is 5.69 Å². The van der Waals surface area contributed by atoms with Crippen LogP contribution in [0.4, 0.5) is 5.69 Å². The number of thioether (sulfide) groups is 1. The van der Waals surface area contributed by atoms with Crippen LogP contribution in [0.3, 0.4) is 0 Å². The van der Waals surface area contributed by atoms with E-state index in [0.29, 0.717) is 18.1 Å². The van der Waals surface area contributed by atoms with Crippen LogP contribution in [0.25, 0.3) is 0 Å². The number of carboxylic acids is 1. The van der Waals surface area contributed by atoms with Gasteiger partial charge in [-0.15, -0.1) is 0 Å². The molecule has 4 N–H and O–H groups in total. The second kappa shape index (κ2) is 8.69. The van der Waals surface area contributed by atoms with E-state index in [-0.39, 0.29) is 11.7 Å². The van der Waals surface area contributed by atoms with Crippen molar-refractivity contribution in [3.8, 4) is 0 Å². The predicted molar refractivity (Wildman–Crippen MR) is 86.7 cm³/mol. The van der Waals surface area contributed by atoms with Crippen molar-refractivity contribution < 1.29 is 14.7 Å². The molecule has 0 saturated heterocycles. The Morgan fingerprint density at radius 1 is 1.29 bits per heavy atom. The molecule has 1 amide bonds. The number of amides is 1. The zero-order chi connectivity index (χ0) is 15.8. The Hall–Kier alpha value is -1.53. The van der Waals surface area contributed by atoms with E-state index in [1.54, 1.807) is 0 Å². The van der Waals surface area contributed by atoms with Crippen molar-refractivity contribution in [2.24, 2.45) is 5.73 Å². The summed E-state index contributed by atoms with van der Waals surface area (Å²) in [7, 11) is 0. The number of nitrogens with one attached hydrogen (secondary N) is 1. The third kappa shape index (κ3) is 6.64. The lowest BCUT2D eigenvalue weighted by atomic mass is 10.0. The maximum Gasteiger partial charge on any atom is 0.320 e. The van der Waals surface area contributed by atoms with Gasteiger partial charge in [-0.05, 0) is 35.8 Å². The van der Waals surface area contributed by atoms with Gasteiger partial charge in [-0.2, -0.15) is 11.8 Å². The molecular formula is C15H22N2O3S. The lowest BCUT2D eigenvalue weighted by Gasteiger charge is -2.09. The van der Waals surface area contributed by atoms with Gasteiger partial charge in [0, 0.05) is 5.69 Å². The molecule has 0 radical (unpaired) electrons. The topological polar surface area (TPSA) is 92.4 Å². The second-order valence-corrected chi connectivity index (χ2v) is 6.22. The number of carboxylic acid groups (broad SMARTS) is 1. The number of carbonyl (C=O) groups is 2. The average molecular weight is 310 g/mol. The summed E-state index contributed by atoms with van der Waals surface area (Å²) in [6.45, 7) is 4.23. The molecule has 0 aliphatic heterocycles. The molecule has 21 heavy (non-hydrogen) atoms. The van der Waals surface area contributed by atoms with Gasteiger partial charge in [0.15, 0.2) is 0 Å². The molecule has 0 spiro atoms. The molecule has 0 bridgehead atoms. The first kappa shape index (κ1) is 17.5. The fourth-order valence-corrected chi connectivity index (χ4v) is 2.47. The SMILES string of the molecule is CC(C)c1ccc(NC(=O)CSCCC(N)C(=O)O)cc1. The molecule has 5 nitrogen and oxygen atoms in total. The maximum atomic E-state index is 11.7. The van der Waals surface area contributed by atoms with Gasteiger partial charge < -0.3 is 16.2 Å². The van der Waals surface area contributed by atoms with E-state index in [4.69, 9.17) is 10.8 Å². The van der Waals surface area contributed by atoms with Crippen LogP contribution in [0.1, 0.15) is 31.7 Å². The zero-order valence-corrected chi connectivity index (χ0v) is 13.2. The summed E-state index contributed by atoms with van der Waals surface area (Å²) >= 11 is 1.38. The van der Waals surface area contributed by atoms with Crippen molar-refractivity contribution in [1.82, 2.24) is 0 Å². The lowest BCUT2D eigenvalue weighted by molar-refractivity contribution is -0.138. The highest BCUT2D eigenvalue weighted by Gasteiger charge is 2.11. The monoisotopic (exact) mass is 310 g/mol. The first-order valence-electron chi connectivity index (χ1n) is 6.86. The highest BCUT2D eigenvalue weighted by Crippen LogP contribution is 2.17. The van der Waals surface area contributed by atoms with Crippen molar-refractivity contribution in [3.05, 3.63) is 29.8 Å². The van der Waals surface area contributed by atoms with E-state index in [2.05, 4.69) is 19.2 Å². The Morgan fingerprint density at radius 3 is 2.43 bits per heavy atom. The maximum absolute atomic E-state index is 11.7. The molecule has 1 unspecified atom stereocenters. The van der Waals surface area contributed by atoms with Gasteiger partial charge in [-0.3, -0.25) is 9.59 Å². The number of anilines is 1. The molecule has 1 aromatic rings. The summed E-state index contributed by atoms with van der Waals surface area (Å²) < 4.78 is 0. The van der Waals surface area contributed by atoms with Gasteiger partial charge in [0.2, 0.25) is 5.91 Å². The van der Waals surface area contributed by atoms with Crippen LogP contribution in [0.5, 0.6) is 0 Å². The summed E-state index contributed by atoms with van der Waals surface area (Å²) in [6, 6.07) is 6.92. The molecule has 0 saturated carbocycles. The standard InChI is InChI=1S/C15H22N2O3S/c1-10(2)11-3-5-12(6-4-11)17-14(18)9-21-8-7-13(16)15(19)20/h3-6,10,13H,7-9,16H2,1-2H3,(H,17,18)(H,19,20). The Balaban J connectivity index is 2.29. The Kier molecular flexibility index (Phi) is 7.25. The number of nitrogens with two attached hydrogens (primary N) is 1. The minimum atomic E-state index is -1.01. The Bertz CT molecular complexity index is 474. The van der Waals surface area contributed by atoms with Gasteiger partial charge in [-0.1, -0.05) is 26.0 Å². The van der Waals surface area contributed by atoms with Crippen LogP contribution in [0.2, 0.25) is 0 Å². The van der Waals surface area contributed by atoms with Gasteiger partial charge in [0.1, 0.15) is 6.04 Å². The third-order valence-electron chi connectivity index (χ3n) is 2.98. The zero-order valence-electron chi connectivity index (χ0n) is 12.3. The first-order chi connectivity index (χ1) is 9.90. The lowest BCUT2D eigenvalue weighted by Crippen LogP contribution is -2.30. The number of hydrogen-bond acceptors (Lipinski definition) is 4. The van der Waals surface area contributed by atoms with Crippen molar-refractivity contribution in [3.63, 3.8) is 0 Å². The molecule has 0 fully saturated rings. The third-order valence-corrected chi connectivity index (χ3v) is 3.98. The minimum absolute atomic E-state index is 0.0961. The summed E-state index contributed by atoms with van der Waals surface area (Å²) in [5.41, 5.74) is 7.38. The molecule has 116 valence electrons. The van der Waals surface area contributed by atoms with E-state index >= 15 is 0 Å². The van der Waals surface area contributed by atoms with Crippen molar-refractivity contribution in [1.29, 1.82) is 0 Å². The highest BCUT2D eigenvalue weighted by atomic mass is 32.2. The van der Waals surface area contributed by atoms with Crippen molar-refractivity contribution in [2.45, 2.75) is 32.2 Å². The number of carbonyl (C=O) groups excluding carboxylic acids is 1. The Labute approximate surface area is 129 Å². The highest BCUT2D eigenvalue weighted by molar-refractivity contribution is 7.99. The van der Waals surface area contributed by atoms with E-state index in [1.807, 2.05) is 24.3 Å². The molecule has 0 aliphatic carbocycles. The average Bonchev–Trinajstić information content (AvgIpc) is 2.43. The number of hydrogen-bond donors (Lipinski definition) is 3. The quantitative estimate of drug-likeness (QED) is 0.641. The predicted octanol–water partition coefficient (Wildman–Crippen LogP) is 2.28. The summed E-state index contributed by atoms with van der Waals surface area (Å²) in [5, 5.41) is 11.4. The summed E-state index contributed by atoms with van der Waals surface area (Å²) in [6.07, 6.45) is 0.358. The number of rotatable bonds is 8. The molecule has 0 aromatic heterocycles. The van der Waals surface area contributed by atoms with Crippen molar-refractivity contribution in [2.75, 3.05) is 16.8 Å². The van der Waals surface area contributed by atoms with Gasteiger partial charge >= 0.3 is 5.97 Å². The number of aliphatic carboxylic acids is 1. The fraction of sp³-hybridized carbons (Fsp3) is 0.467. The van der Waals surface area contributed by atoms with Gasteiger partial charge in [0.05, 0.1) is 5.75 Å². The van der Waals surface area contributed by atoms with E-state index in [1.165, 1.54) is 17.3 Å². The van der Waals surface area contributed by atoms with Crippen LogP contribution in [-0.2, 0) is 9.59 Å². The molecule has 1 atom stereocenters.